The lowest BCUT2D eigenvalue weighted by Gasteiger charge is -2.36. The second-order valence-corrected chi connectivity index (χ2v) is 19.7. The van der Waals surface area contributed by atoms with E-state index in [1.54, 1.807) is 0 Å². The maximum atomic E-state index is 12.5. The summed E-state index contributed by atoms with van der Waals surface area (Å²) in [7, 11) is -2.24. The summed E-state index contributed by atoms with van der Waals surface area (Å²) in [5.74, 6) is -0.315. The van der Waals surface area contributed by atoms with Crippen molar-refractivity contribution in [2.24, 2.45) is 0 Å². The summed E-state index contributed by atoms with van der Waals surface area (Å²) < 4.78 is 18.1. The van der Waals surface area contributed by atoms with Crippen LogP contribution in [0.3, 0.4) is 0 Å². The van der Waals surface area contributed by atoms with Gasteiger partial charge in [-0.15, -0.1) is 0 Å². The Bertz CT molecular complexity index is 687. The van der Waals surface area contributed by atoms with Crippen molar-refractivity contribution in [2.75, 3.05) is 13.7 Å². The average Bonchev–Trinajstić information content (AvgIpc) is 2.77. The van der Waals surface area contributed by atoms with Gasteiger partial charge in [-0.1, -0.05) is 72.4 Å². The van der Waals surface area contributed by atoms with Gasteiger partial charge >= 0.3 is 5.97 Å². The first-order valence-corrected chi connectivity index (χ1v) is 17.9. The maximum absolute atomic E-state index is 12.5. The third-order valence-electron chi connectivity index (χ3n) is 6.93. The Morgan fingerprint density at radius 3 is 2.09 bits per heavy atom. The lowest BCUT2D eigenvalue weighted by molar-refractivity contribution is -0.136. The highest BCUT2D eigenvalue weighted by atomic mass is 28.4. The van der Waals surface area contributed by atoms with E-state index in [4.69, 9.17) is 13.6 Å². The molecule has 0 aliphatic heterocycles. The number of carbonyl (C=O) groups excluding carboxylic acids is 1. The molecule has 0 aliphatic carbocycles. The number of allylic oxidation sites excluding steroid dienone is 3. The molecule has 0 saturated carbocycles. The Hall–Kier alpha value is -1.22. The summed E-state index contributed by atoms with van der Waals surface area (Å²) in [6.45, 7) is 24.7. The monoisotopic (exact) mass is 494 g/mol. The fourth-order valence-corrected chi connectivity index (χ4v) is 7.12. The molecule has 6 heteroatoms. The molecule has 4 nitrogen and oxygen atoms in total. The summed E-state index contributed by atoms with van der Waals surface area (Å²) in [6.07, 6.45) is 11.0. The molecule has 0 aromatic rings. The molecule has 0 heterocycles. The van der Waals surface area contributed by atoms with Crippen molar-refractivity contribution in [3.8, 4) is 0 Å². The van der Waals surface area contributed by atoms with E-state index in [-0.39, 0.29) is 17.1 Å². The van der Waals surface area contributed by atoms with Crippen LogP contribution in [-0.4, -0.2) is 42.4 Å². The highest BCUT2D eigenvalue weighted by Gasteiger charge is 2.37. The van der Waals surface area contributed by atoms with Gasteiger partial charge in [-0.25, -0.2) is 4.79 Å². The summed E-state index contributed by atoms with van der Waals surface area (Å²) in [5.41, 5.74) is 1.40. The molecular weight excluding hydrogens is 444 g/mol. The summed E-state index contributed by atoms with van der Waals surface area (Å²) in [6, 6.07) is 3.17. The summed E-state index contributed by atoms with van der Waals surface area (Å²) in [5, 5.41) is 0.167. The molecule has 0 aromatic heterocycles. The molecule has 190 valence electrons. The van der Waals surface area contributed by atoms with Crippen LogP contribution in [0.1, 0.15) is 61.3 Å². The first kappa shape index (κ1) is 31.8. The van der Waals surface area contributed by atoms with Crippen LogP contribution < -0.4 is 0 Å². The predicted octanol–water partition coefficient (Wildman–Crippen LogP) is 7.97. The van der Waals surface area contributed by atoms with Crippen LogP contribution in [0.25, 0.3) is 0 Å². The van der Waals surface area contributed by atoms with Crippen molar-refractivity contribution in [3.63, 3.8) is 0 Å². The van der Waals surface area contributed by atoms with Crippen molar-refractivity contribution < 1.29 is 18.4 Å². The van der Waals surface area contributed by atoms with Gasteiger partial charge in [0.15, 0.2) is 16.6 Å². The Morgan fingerprint density at radius 1 is 1.06 bits per heavy atom. The second kappa shape index (κ2) is 14.9. The lowest BCUT2D eigenvalue weighted by atomic mass is 10.0. The molecule has 0 saturated heterocycles. The van der Waals surface area contributed by atoms with E-state index in [9.17, 15) is 4.79 Å². The van der Waals surface area contributed by atoms with Crippen LogP contribution in [0.15, 0.2) is 48.1 Å². The molecular formula is C27H50O4Si2. The normalized spacial score (nSPS) is 14.8. The van der Waals surface area contributed by atoms with Gasteiger partial charge in [-0.2, -0.15) is 0 Å². The topological polar surface area (TPSA) is 44.8 Å². The second-order valence-electron chi connectivity index (χ2n) is 10.1. The molecule has 0 N–H and O–H groups in total. The number of carbonyl (C=O) groups is 1. The van der Waals surface area contributed by atoms with Gasteiger partial charge in [-0.3, -0.25) is 0 Å². The molecule has 0 aliphatic rings. The standard InChI is InChI=1S/C27H50O4Si2/c1-12-16-17-20-25(31-33(13-2,14-3)15-4)23(5)22-24(26(28)29-9)19-18-21-30-32(10,11)27(6,7)8/h12,16-17,20,22,25H,5,13-15,18-19,21H2,1-4,6-11H3/b16-12+,20-17+,24-22-. The van der Waals surface area contributed by atoms with Crippen molar-refractivity contribution in [1.82, 2.24) is 0 Å². The smallest absolute Gasteiger partial charge is 0.333 e. The largest absolute Gasteiger partial charge is 0.466 e. The molecule has 0 aromatic carbocycles. The van der Waals surface area contributed by atoms with Gasteiger partial charge in [0.2, 0.25) is 0 Å². The van der Waals surface area contributed by atoms with Crippen molar-refractivity contribution in [1.29, 1.82) is 0 Å². The third kappa shape index (κ3) is 10.7. The minimum atomic E-state index is -1.86. The van der Waals surface area contributed by atoms with E-state index >= 15 is 0 Å². The quantitative estimate of drug-likeness (QED) is 0.0761. The van der Waals surface area contributed by atoms with Crippen molar-refractivity contribution in [2.45, 2.75) is 104 Å². The molecule has 0 amide bonds. The Kier molecular flexibility index (Phi) is 14.4. The number of hydrogen-bond acceptors (Lipinski definition) is 4. The zero-order valence-electron chi connectivity index (χ0n) is 23.0. The van der Waals surface area contributed by atoms with Crippen LogP contribution in [-0.2, 0) is 18.4 Å². The van der Waals surface area contributed by atoms with Crippen molar-refractivity contribution >= 4 is 22.6 Å². The average molecular weight is 495 g/mol. The van der Waals surface area contributed by atoms with E-state index in [0.717, 1.165) is 30.1 Å². The molecule has 33 heavy (non-hydrogen) atoms. The van der Waals surface area contributed by atoms with Gasteiger partial charge in [0.05, 0.1) is 13.2 Å². The van der Waals surface area contributed by atoms with E-state index in [1.807, 2.05) is 37.3 Å². The fraction of sp³-hybridized carbons (Fsp3) is 0.667. The number of hydrogen-bond donors (Lipinski definition) is 0. The molecule has 0 radical (unpaired) electrons. The van der Waals surface area contributed by atoms with Crippen LogP contribution in [0.5, 0.6) is 0 Å². The zero-order valence-corrected chi connectivity index (χ0v) is 25.0. The Balaban J connectivity index is 5.62. The van der Waals surface area contributed by atoms with E-state index < -0.39 is 16.6 Å². The van der Waals surface area contributed by atoms with Crippen molar-refractivity contribution in [3.05, 3.63) is 48.1 Å². The third-order valence-corrected chi connectivity index (χ3v) is 16.1. The summed E-state index contributed by atoms with van der Waals surface area (Å²) >= 11 is 0. The highest BCUT2D eigenvalue weighted by molar-refractivity contribution is 6.74. The molecule has 0 spiro atoms. The van der Waals surface area contributed by atoms with E-state index in [2.05, 4.69) is 61.2 Å². The minimum Gasteiger partial charge on any atom is -0.466 e. The van der Waals surface area contributed by atoms with Crippen LogP contribution in [0, 0.1) is 0 Å². The van der Waals surface area contributed by atoms with Gasteiger partial charge in [-0.05, 0) is 67.7 Å². The number of methoxy groups -OCH3 is 1. The van der Waals surface area contributed by atoms with Crippen LogP contribution in [0.4, 0.5) is 0 Å². The van der Waals surface area contributed by atoms with Crippen LogP contribution >= 0.6 is 0 Å². The zero-order chi connectivity index (χ0) is 25.7. The first-order chi connectivity index (χ1) is 15.3. The number of esters is 1. The molecule has 0 rings (SSSR count). The molecule has 1 atom stereocenters. The van der Waals surface area contributed by atoms with Gasteiger partial charge in [0.25, 0.3) is 0 Å². The number of rotatable bonds is 15. The van der Waals surface area contributed by atoms with Gasteiger partial charge in [0.1, 0.15) is 0 Å². The van der Waals surface area contributed by atoms with E-state index in [0.29, 0.717) is 18.6 Å². The van der Waals surface area contributed by atoms with Gasteiger partial charge in [0, 0.05) is 12.2 Å². The number of ether oxygens (including phenoxy) is 1. The minimum absolute atomic E-state index is 0.167. The van der Waals surface area contributed by atoms with Gasteiger partial charge < -0.3 is 13.6 Å². The molecule has 1 unspecified atom stereocenters. The Morgan fingerprint density at radius 2 is 1.64 bits per heavy atom. The maximum Gasteiger partial charge on any atom is 0.333 e. The fourth-order valence-electron chi connectivity index (χ4n) is 3.26. The predicted molar refractivity (Wildman–Crippen MR) is 148 cm³/mol. The highest BCUT2D eigenvalue weighted by Crippen LogP contribution is 2.36. The van der Waals surface area contributed by atoms with Crippen LogP contribution in [0.2, 0.25) is 36.3 Å². The first-order valence-electron chi connectivity index (χ1n) is 12.4. The summed E-state index contributed by atoms with van der Waals surface area (Å²) in [4.78, 5) is 12.5. The SMILES string of the molecule is C=C(/C=C(/CCCO[Si](C)(C)C(C)(C)C)C(=O)OC)C(/C=C/C=C/C)O[Si](CC)(CC)CC. The molecule has 0 fully saturated rings. The molecule has 0 bridgehead atoms. The lowest BCUT2D eigenvalue weighted by Crippen LogP contribution is -2.41. The van der Waals surface area contributed by atoms with E-state index in [1.165, 1.54) is 7.11 Å². The Labute approximate surface area is 206 Å².